The Morgan fingerprint density at radius 3 is 2.09 bits per heavy atom. The third-order valence-electron chi connectivity index (χ3n) is 4.72. The summed E-state index contributed by atoms with van der Waals surface area (Å²) in [4.78, 5) is 0. The molecule has 0 saturated carbocycles. The molecule has 0 bridgehead atoms. The van der Waals surface area contributed by atoms with Crippen LogP contribution in [0.5, 0.6) is 0 Å². The van der Waals surface area contributed by atoms with Gasteiger partial charge in [0.2, 0.25) is 0 Å². The van der Waals surface area contributed by atoms with Crippen molar-refractivity contribution in [1.29, 1.82) is 0 Å². The van der Waals surface area contributed by atoms with E-state index in [1.807, 2.05) is 33.8 Å². The molecule has 0 spiro atoms. The van der Waals surface area contributed by atoms with E-state index in [1.165, 1.54) is 10.4 Å². The minimum atomic E-state index is -1.90. The maximum atomic E-state index is 12.5. The zero-order valence-electron chi connectivity index (χ0n) is 14.4. The molecule has 1 radical (unpaired) electrons. The predicted molar refractivity (Wildman–Crippen MR) is 95.1 cm³/mol. The van der Waals surface area contributed by atoms with E-state index in [2.05, 4.69) is 44.0 Å². The molecule has 0 aliphatic carbocycles. The van der Waals surface area contributed by atoms with Gasteiger partial charge in [-0.3, -0.25) is 0 Å². The van der Waals surface area contributed by atoms with Gasteiger partial charge in [-0.25, -0.2) is 0 Å². The average Bonchev–Trinajstić information content (AvgIpc) is 3.30. The van der Waals surface area contributed by atoms with Gasteiger partial charge in [0.15, 0.2) is 0 Å². The van der Waals surface area contributed by atoms with E-state index in [4.69, 9.17) is 4.52 Å². The van der Waals surface area contributed by atoms with Gasteiger partial charge >= 0.3 is 147 Å². The molecule has 0 N–H and O–H groups in total. The summed E-state index contributed by atoms with van der Waals surface area (Å²) in [5, 5.41) is 15.1. The standard InChI is InChI=1S/C17H26N2O2PSe/c1-16(2)12-14(13-17(3,4)19(16)20)21-22(23,18-10-11-18)15-8-6-5-7-9-15/h5-9,14H,10-13H2,1-4H3. The first-order chi connectivity index (χ1) is 10.7. The van der Waals surface area contributed by atoms with Gasteiger partial charge in [0.1, 0.15) is 0 Å². The Morgan fingerprint density at radius 1 is 1.09 bits per heavy atom. The molecule has 1 aromatic carbocycles. The van der Waals surface area contributed by atoms with Crippen LogP contribution < -0.4 is 5.30 Å². The fourth-order valence-electron chi connectivity index (χ4n) is 3.66. The monoisotopic (exact) mass is 401 g/mol. The molecule has 1 unspecified atom stereocenters. The quantitative estimate of drug-likeness (QED) is 0.443. The fraction of sp³-hybridized carbons (Fsp3) is 0.647. The van der Waals surface area contributed by atoms with Gasteiger partial charge in [-0.15, -0.1) is 0 Å². The number of piperidine rings is 1. The third-order valence-corrected chi connectivity index (χ3v) is 10.7. The minimum absolute atomic E-state index is 0.0978. The first-order valence-corrected chi connectivity index (χ1v) is 12.1. The maximum absolute atomic E-state index is 12.5. The summed E-state index contributed by atoms with van der Waals surface area (Å²) in [6, 6.07) is 10.5. The van der Waals surface area contributed by atoms with Crippen molar-refractivity contribution in [3.8, 4) is 0 Å². The summed E-state index contributed by atoms with van der Waals surface area (Å²) >= 11 is 3.41. The molecular weight excluding hydrogens is 374 g/mol. The molecule has 0 amide bonds. The van der Waals surface area contributed by atoms with Crippen LogP contribution in [0.15, 0.2) is 30.3 Å². The zero-order chi connectivity index (χ0) is 16.9. The van der Waals surface area contributed by atoms with Crippen LogP contribution in [0.4, 0.5) is 0 Å². The predicted octanol–water partition coefficient (Wildman–Crippen LogP) is 2.94. The number of benzene rings is 1. The van der Waals surface area contributed by atoms with Gasteiger partial charge in [0.25, 0.3) is 0 Å². The van der Waals surface area contributed by atoms with E-state index in [-0.39, 0.29) is 6.10 Å². The second-order valence-electron chi connectivity index (χ2n) is 7.86. The van der Waals surface area contributed by atoms with Crippen molar-refractivity contribution in [3.05, 3.63) is 30.3 Å². The Hall–Kier alpha value is 0.00948. The van der Waals surface area contributed by atoms with Crippen LogP contribution in [0.25, 0.3) is 0 Å². The van der Waals surface area contributed by atoms with E-state index in [9.17, 15) is 5.21 Å². The summed E-state index contributed by atoms with van der Waals surface area (Å²) in [5.41, 5.74) is -0.792. The molecule has 1 atom stereocenters. The SMILES string of the molecule is CC1(C)CC(OP(=[Se])(c2ccccc2)N2CC2)CC(C)(C)N1[O]. The van der Waals surface area contributed by atoms with Crippen LogP contribution >= 0.6 is 5.89 Å². The average molecular weight is 400 g/mol. The van der Waals surface area contributed by atoms with Crippen molar-refractivity contribution in [3.63, 3.8) is 0 Å². The first kappa shape index (κ1) is 17.8. The van der Waals surface area contributed by atoms with E-state index in [1.54, 1.807) is 0 Å². The van der Waals surface area contributed by atoms with E-state index < -0.39 is 17.0 Å². The molecule has 1 aromatic rings. The van der Waals surface area contributed by atoms with Gasteiger partial charge < -0.3 is 0 Å². The van der Waals surface area contributed by atoms with Crippen LogP contribution in [0.2, 0.25) is 0 Å². The molecule has 23 heavy (non-hydrogen) atoms. The fourth-order valence-corrected chi connectivity index (χ4v) is 8.52. The van der Waals surface area contributed by atoms with Crippen molar-refractivity contribution in [1.82, 2.24) is 9.73 Å². The molecule has 0 aromatic heterocycles. The first-order valence-electron chi connectivity index (χ1n) is 8.22. The number of nitrogens with zero attached hydrogens (tertiary/aromatic N) is 2. The van der Waals surface area contributed by atoms with Crippen molar-refractivity contribution in [2.45, 2.75) is 57.7 Å². The molecule has 127 valence electrons. The Bertz CT molecular complexity index is 598. The molecule has 2 aliphatic rings. The summed E-state index contributed by atoms with van der Waals surface area (Å²) in [6.45, 7) is 10.3. The summed E-state index contributed by atoms with van der Waals surface area (Å²) < 4.78 is 9.13. The molecule has 2 heterocycles. The molecule has 3 rings (SSSR count). The van der Waals surface area contributed by atoms with E-state index >= 15 is 0 Å². The van der Waals surface area contributed by atoms with Gasteiger partial charge in [0.05, 0.1) is 0 Å². The Morgan fingerprint density at radius 2 is 1.61 bits per heavy atom. The normalized spacial score (nSPS) is 27.5. The van der Waals surface area contributed by atoms with Gasteiger partial charge in [0, 0.05) is 0 Å². The topological polar surface area (TPSA) is 35.4 Å². The molecule has 2 fully saturated rings. The van der Waals surface area contributed by atoms with Crippen molar-refractivity contribution in [2.75, 3.05) is 13.1 Å². The number of hydrogen-bond donors (Lipinski definition) is 0. The number of rotatable bonds is 4. The molecule has 4 nitrogen and oxygen atoms in total. The number of hydroxylamine groups is 2. The van der Waals surface area contributed by atoms with Crippen LogP contribution in [-0.2, 0) is 9.73 Å². The molecule has 2 saturated heterocycles. The molecule has 6 heteroatoms. The third kappa shape index (κ3) is 3.52. The van der Waals surface area contributed by atoms with E-state index in [0.29, 0.717) is 0 Å². The summed E-state index contributed by atoms with van der Waals surface area (Å²) in [6.07, 6.45) is 1.63. The van der Waals surface area contributed by atoms with Crippen LogP contribution in [0.1, 0.15) is 40.5 Å². The van der Waals surface area contributed by atoms with Crippen molar-refractivity contribution in [2.24, 2.45) is 0 Å². The second kappa shape index (κ2) is 6.07. The second-order valence-corrected chi connectivity index (χ2v) is 13.3. The van der Waals surface area contributed by atoms with Gasteiger partial charge in [-0.1, -0.05) is 0 Å². The summed E-state index contributed by atoms with van der Waals surface area (Å²) in [5.74, 6) is -1.90. The molecule has 2 aliphatic heterocycles. The number of hydrogen-bond acceptors (Lipinski definition) is 3. The van der Waals surface area contributed by atoms with Crippen molar-refractivity contribution >= 4 is 26.3 Å². The van der Waals surface area contributed by atoms with Gasteiger partial charge in [-0.2, -0.15) is 0 Å². The van der Waals surface area contributed by atoms with Crippen LogP contribution in [0.3, 0.4) is 0 Å². The van der Waals surface area contributed by atoms with E-state index in [0.717, 1.165) is 25.9 Å². The Kier molecular flexibility index (Phi) is 4.70. The van der Waals surface area contributed by atoms with Gasteiger partial charge in [-0.05, 0) is 0 Å². The Balaban J connectivity index is 1.86. The van der Waals surface area contributed by atoms with Crippen LogP contribution in [-0.4, -0.2) is 55.1 Å². The van der Waals surface area contributed by atoms with Crippen LogP contribution in [0, 0.1) is 0 Å². The summed E-state index contributed by atoms with van der Waals surface area (Å²) in [7, 11) is 0. The zero-order valence-corrected chi connectivity index (χ0v) is 17.0. The molecular formula is C17H26N2O2PSe. The Labute approximate surface area is 147 Å². The van der Waals surface area contributed by atoms with Crippen molar-refractivity contribution < 1.29 is 9.73 Å².